The van der Waals surface area contributed by atoms with Crippen LogP contribution >= 0.6 is 0 Å². The Hall–Kier alpha value is -1.55. The summed E-state index contributed by atoms with van der Waals surface area (Å²) in [5, 5.41) is 6.10. The number of nitrogens with two attached hydrogens (primary N) is 1. The fraction of sp³-hybridized carbons (Fsp3) is 0.417. The molecule has 0 unspecified atom stereocenters. The second-order valence-electron chi connectivity index (χ2n) is 3.99. The first kappa shape index (κ1) is 11.0. The zero-order valence-corrected chi connectivity index (χ0v) is 9.20. The maximum absolute atomic E-state index is 11.8. The van der Waals surface area contributed by atoms with Gasteiger partial charge in [-0.1, -0.05) is 18.2 Å². The highest BCUT2D eigenvalue weighted by Gasteiger charge is 2.25. The summed E-state index contributed by atoms with van der Waals surface area (Å²) < 4.78 is 0. The van der Waals surface area contributed by atoms with E-state index in [2.05, 4.69) is 16.7 Å². The Kier molecular flexibility index (Phi) is 3.41. The van der Waals surface area contributed by atoms with Crippen molar-refractivity contribution in [3.63, 3.8) is 0 Å². The Labute approximate surface area is 95.2 Å². The molecule has 1 aliphatic heterocycles. The second-order valence-corrected chi connectivity index (χ2v) is 3.99. The van der Waals surface area contributed by atoms with Crippen LogP contribution in [-0.4, -0.2) is 25.0 Å². The van der Waals surface area contributed by atoms with Crippen molar-refractivity contribution in [2.24, 2.45) is 5.73 Å². The maximum Gasteiger partial charge on any atom is 0.242 e. The highest BCUT2D eigenvalue weighted by atomic mass is 16.2. The average Bonchev–Trinajstić information content (AvgIpc) is 2.73. The van der Waals surface area contributed by atoms with Crippen molar-refractivity contribution in [1.82, 2.24) is 5.32 Å². The number of hydrogen-bond acceptors (Lipinski definition) is 3. The van der Waals surface area contributed by atoms with Gasteiger partial charge in [0.05, 0.1) is 0 Å². The molecule has 2 rings (SSSR count). The molecule has 4 nitrogen and oxygen atoms in total. The fourth-order valence-electron chi connectivity index (χ4n) is 1.89. The number of anilines is 1. The molecule has 1 aromatic carbocycles. The van der Waals surface area contributed by atoms with Gasteiger partial charge in [0.1, 0.15) is 6.04 Å². The summed E-state index contributed by atoms with van der Waals surface area (Å²) >= 11 is 0. The largest absolute Gasteiger partial charge is 0.373 e. The van der Waals surface area contributed by atoms with E-state index in [9.17, 15) is 4.79 Å². The molecular formula is C12H17N3O. The zero-order valence-electron chi connectivity index (χ0n) is 9.20. The van der Waals surface area contributed by atoms with Crippen LogP contribution in [0.3, 0.4) is 0 Å². The van der Waals surface area contributed by atoms with Crippen LogP contribution in [0, 0.1) is 0 Å². The standard InChI is InChI=1S/C12H17N3O/c13-6-3-7-14-12(16)11-8-9-4-1-2-5-10(9)15-11/h1-2,4-5,11,15H,3,6-8,13H2,(H,14,16)/t11-/m0/s1. The lowest BCUT2D eigenvalue weighted by atomic mass is 10.1. The van der Waals surface area contributed by atoms with Crippen LogP contribution in [0.15, 0.2) is 24.3 Å². The Bertz CT molecular complexity index is 353. The van der Waals surface area contributed by atoms with Crippen LogP contribution in [0.4, 0.5) is 5.69 Å². The van der Waals surface area contributed by atoms with Gasteiger partial charge in [0.2, 0.25) is 5.91 Å². The molecule has 86 valence electrons. The van der Waals surface area contributed by atoms with E-state index < -0.39 is 0 Å². The van der Waals surface area contributed by atoms with Gasteiger partial charge in [-0.3, -0.25) is 4.79 Å². The van der Waals surface area contributed by atoms with Crippen LogP contribution in [0.2, 0.25) is 0 Å². The lowest BCUT2D eigenvalue weighted by molar-refractivity contribution is -0.121. The first-order valence-electron chi connectivity index (χ1n) is 5.63. The van der Waals surface area contributed by atoms with Crippen LogP contribution in [0.25, 0.3) is 0 Å². The number of carbonyl (C=O) groups is 1. The number of benzene rings is 1. The van der Waals surface area contributed by atoms with E-state index in [0.717, 1.165) is 18.5 Å². The van der Waals surface area contributed by atoms with Crippen LogP contribution < -0.4 is 16.4 Å². The van der Waals surface area contributed by atoms with Gasteiger partial charge in [0.25, 0.3) is 0 Å². The van der Waals surface area contributed by atoms with Crippen LogP contribution in [-0.2, 0) is 11.2 Å². The number of carbonyl (C=O) groups excluding carboxylic acids is 1. The Morgan fingerprint density at radius 2 is 2.31 bits per heavy atom. The van der Waals surface area contributed by atoms with E-state index in [1.54, 1.807) is 0 Å². The highest BCUT2D eigenvalue weighted by molar-refractivity contribution is 5.87. The monoisotopic (exact) mass is 219 g/mol. The van der Waals surface area contributed by atoms with Crippen molar-refractivity contribution in [3.05, 3.63) is 29.8 Å². The molecule has 0 aromatic heterocycles. The molecule has 1 amide bonds. The van der Waals surface area contributed by atoms with Gasteiger partial charge in [0, 0.05) is 18.7 Å². The van der Waals surface area contributed by atoms with E-state index in [0.29, 0.717) is 13.1 Å². The Morgan fingerprint density at radius 3 is 3.06 bits per heavy atom. The van der Waals surface area contributed by atoms with Gasteiger partial charge >= 0.3 is 0 Å². The molecule has 0 spiro atoms. The van der Waals surface area contributed by atoms with E-state index >= 15 is 0 Å². The third kappa shape index (κ3) is 2.33. The van der Waals surface area contributed by atoms with Crippen molar-refractivity contribution in [2.75, 3.05) is 18.4 Å². The molecule has 4 heteroatoms. The lowest BCUT2D eigenvalue weighted by Crippen LogP contribution is -2.39. The Morgan fingerprint density at radius 1 is 1.50 bits per heavy atom. The number of fused-ring (bicyclic) bond motifs is 1. The molecule has 0 bridgehead atoms. The van der Waals surface area contributed by atoms with E-state index in [1.807, 2.05) is 18.2 Å². The highest BCUT2D eigenvalue weighted by Crippen LogP contribution is 2.24. The maximum atomic E-state index is 11.8. The minimum atomic E-state index is -0.129. The van der Waals surface area contributed by atoms with E-state index in [4.69, 9.17) is 5.73 Å². The van der Waals surface area contributed by atoms with Crippen molar-refractivity contribution in [1.29, 1.82) is 0 Å². The Balaban J connectivity index is 1.88. The summed E-state index contributed by atoms with van der Waals surface area (Å²) in [5.41, 5.74) is 7.65. The summed E-state index contributed by atoms with van der Waals surface area (Å²) in [6.45, 7) is 1.27. The van der Waals surface area contributed by atoms with Crippen molar-refractivity contribution in [3.8, 4) is 0 Å². The molecule has 1 atom stereocenters. The van der Waals surface area contributed by atoms with Gasteiger partial charge in [0.15, 0.2) is 0 Å². The number of para-hydroxylation sites is 1. The third-order valence-electron chi connectivity index (χ3n) is 2.77. The number of hydrogen-bond donors (Lipinski definition) is 3. The first-order valence-corrected chi connectivity index (χ1v) is 5.63. The minimum Gasteiger partial charge on any atom is -0.373 e. The molecule has 1 aromatic rings. The number of rotatable bonds is 4. The predicted molar refractivity (Wildman–Crippen MR) is 64.2 cm³/mol. The van der Waals surface area contributed by atoms with Crippen LogP contribution in [0.5, 0.6) is 0 Å². The molecule has 0 fully saturated rings. The molecule has 4 N–H and O–H groups in total. The van der Waals surface area contributed by atoms with Crippen molar-refractivity contribution >= 4 is 11.6 Å². The van der Waals surface area contributed by atoms with Gasteiger partial charge in [-0.25, -0.2) is 0 Å². The molecule has 0 saturated heterocycles. The number of amides is 1. The quantitative estimate of drug-likeness (QED) is 0.646. The molecule has 1 aliphatic rings. The normalized spacial score (nSPS) is 17.7. The molecular weight excluding hydrogens is 202 g/mol. The lowest BCUT2D eigenvalue weighted by Gasteiger charge is -2.11. The summed E-state index contributed by atoms with van der Waals surface area (Å²) in [7, 11) is 0. The van der Waals surface area contributed by atoms with Gasteiger partial charge < -0.3 is 16.4 Å². The van der Waals surface area contributed by atoms with Gasteiger partial charge in [-0.15, -0.1) is 0 Å². The molecule has 1 heterocycles. The smallest absolute Gasteiger partial charge is 0.242 e. The van der Waals surface area contributed by atoms with E-state index in [-0.39, 0.29) is 11.9 Å². The van der Waals surface area contributed by atoms with E-state index in [1.165, 1.54) is 5.56 Å². The molecule has 16 heavy (non-hydrogen) atoms. The first-order chi connectivity index (χ1) is 7.81. The molecule has 0 saturated carbocycles. The number of nitrogens with one attached hydrogen (secondary N) is 2. The van der Waals surface area contributed by atoms with Crippen LogP contribution in [0.1, 0.15) is 12.0 Å². The third-order valence-corrected chi connectivity index (χ3v) is 2.77. The average molecular weight is 219 g/mol. The zero-order chi connectivity index (χ0) is 11.4. The summed E-state index contributed by atoms with van der Waals surface area (Å²) in [6, 6.07) is 7.89. The summed E-state index contributed by atoms with van der Waals surface area (Å²) in [6.07, 6.45) is 1.59. The summed E-state index contributed by atoms with van der Waals surface area (Å²) in [4.78, 5) is 11.8. The molecule has 0 radical (unpaired) electrons. The van der Waals surface area contributed by atoms with Crippen molar-refractivity contribution < 1.29 is 4.79 Å². The molecule has 0 aliphatic carbocycles. The van der Waals surface area contributed by atoms with Gasteiger partial charge in [-0.05, 0) is 24.6 Å². The fourth-order valence-corrected chi connectivity index (χ4v) is 1.89. The van der Waals surface area contributed by atoms with Gasteiger partial charge in [-0.2, -0.15) is 0 Å². The summed E-state index contributed by atoms with van der Waals surface area (Å²) in [5.74, 6) is 0.0599. The second kappa shape index (κ2) is 4.99. The predicted octanol–water partition coefficient (Wildman–Crippen LogP) is 0.488. The minimum absolute atomic E-state index is 0.0599. The van der Waals surface area contributed by atoms with Crippen molar-refractivity contribution in [2.45, 2.75) is 18.9 Å². The SMILES string of the molecule is NCCCNC(=O)[C@@H]1Cc2ccccc2N1. The topological polar surface area (TPSA) is 67.1 Å².